The van der Waals surface area contributed by atoms with Gasteiger partial charge in [-0.1, -0.05) is 0 Å². The van der Waals surface area contributed by atoms with Crippen LogP contribution in [0.25, 0.3) is 0 Å². The quantitative estimate of drug-likeness (QED) is 0.759. The average molecular weight is 206 g/mol. The van der Waals surface area contributed by atoms with E-state index < -0.39 is 0 Å². The minimum atomic E-state index is -0.193. The molecule has 1 aliphatic carbocycles. The molecule has 2 N–H and O–H groups in total. The van der Waals surface area contributed by atoms with Crippen molar-refractivity contribution in [3.63, 3.8) is 0 Å². The van der Waals surface area contributed by atoms with Gasteiger partial charge in [0.25, 0.3) is 5.91 Å². The Morgan fingerprint density at radius 3 is 2.67 bits per heavy atom. The zero-order chi connectivity index (χ0) is 10.9. The van der Waals surface area contributed by atoms with E-state index in [0.717, 1.165) is 12.8 Å². The van der Waals surface area contributed by atoms with Gasteiger partial charge in [0, 0.05) is 17.8 Å². The van der Waals surface area contributed by atoms with Crippen molar-refractivity contribution in [3.05, 3.63) is 34.2 Å². The first kappa shape index (κ1) is 9.96. The summed E-state index contributed by atoms with van der Waals surface area (Å²) in [7, 11) is 0. The van der Waals surface area contributed by atoms with E-state index in [1.165, 1.54) is 24.8 Å². The Bertz CT molecular complexity index is 412. The molecule has 15 heavy (non-hydrogen) atoms. The molecule has 0 aliphatic heterocycles. The molecule has 0 bridgehead atoms. The molecule has 80 valence electrons. The highest BCUT2D eigenvalue weighted by molar-refractivity contribution is 5.94. The number of carbonyl (C=O) groups is 1. The maximum Gasteiger partial charge on any atom is 0.253 e. The van der Waals surface area contributed by atoms with Crippen LogP contribution in [-0.4, -0.2) is 16.4 Å². The topological polar surface area (TPSA) is 62.0 Å². The van der Waals surface area contributed by atoms with Crippen molar-refractivity contribution in [2.75, 3.05) is 0 Å². The summed E-state index contributed by atoms with van der Waals surface area (Å²) < 4.78 is 0. The second-order valence-electron chi connectivity index (χ2n) is 4.31. The van der Waals surface area contributed by atoms with Gasteiger partial charge in [-0.15, -0.1) is 0 Å². The molecule has 1 aliphatic rings. The lowest BCUT2D eigenvalue weighted by Crippen LogP contribution is -2.50. The normalized spacial score (nSPS) is 17.9. The fourth-order valence-electron chi connectivity index (χ4n) is 1.73. The lowest BCUT2D eigenvalue weighted by molar-refractivity contribution is 0.0850. The number of carbonyl (C=O) groups excluding carboxylic acids is 1. The summed E-state index contributed by atoms with van der Waals surface area (Å²) in [5.74, 6) is -0.117. The smallest absolute Gasteiger partial charge is 0.253 e. The van der Waals surface area contributed by atoms with E-state index in [1.54, 1.807) is 0 Å². The molecule has 1 fully saturated rings. The molecular weight excluding hydrogens is 192 g/mol. The van der Waals surface area contributed by atoms with Crippen molar-refractivity contribution in [2.24, 2.45) is 0 Å². The number of amides is 1. The lowest BCUT2D eigenvalue weighted by atomic mass is 9.78. The molecule has 0 atom stereocenters. The summed E-state index contributed by atoms with van der Waals surface area (Å²) in [4.78, 5) is 25.0. The lowest BCUT2D eigenvalue weighted by Gasteiger charge is -2.39. The van der Waals surface area contributed by atoms with Gasteiger partial charge >= 0.3 is 0 Å². The Labute approximate surface area is 87.7 Å². The maximum atomic E-state index is 11.7. The Balaban J connectivity index is 2.07. The number of rotatable bonds is 2. The van der Waals surface area contributed by atoms with Crippen LogP contribution >= 0.6 is 0 Å². The number of nitrogens with one attached hydrogen (secondary N) is 2. The largest absolute Gasteiger partial charge is 0.347 e. The summed E-state index contributed by atoms with van der Waals surface area (Å²) >= 11 is 0. The summed E-state index contributed by atoms with van der Waals surface area (Å²) in [6.07, 6.45) is 4.67. The molecule has 0 aromatic carbocycles. The van der Waals surface area contributed by atoms with Crippen molar-refractivity contribution in [1.82, 2.24) is 10.3 Å². The molecule has 0 saturated heterocycles. The highest BCUT2D eigenvalue weighted by Crippen LogP contribution is 2.31. The Kier molecular flexibility index (Phi) is 2.34. The van der Waals surface area contributed by atoms with Crippen molar-refractivity contribution in [3.8, 4) is 0 Å². The molecule has 1 aromatic rings. The molecule has 1 saturated carbocycles. The maximum absolute atomic E-state index is 11.7. The third-order valence-electron chi connectivity index (χ3n) is 2.92. The van der Waals surface area contributed by atoms with Gasteiger partial charge < -0.3 is 10.3 Å². The van der Waals surface area contributed by atoms with Crippen LogP contribution in [0.15, 0.2) is 23.1 Å². The minimum absolute atomic E-state index is 0.0484. The number of aromatic amines is 1. The molecule has 0 spiro atoms. The monoisotopic (exact) mass is 206 g/mol. The van der Waals surface area contributed by atoms with Crippen LogP contribution in [0.2, 0.25) is 0 Å². The van der Waals surface area contributed by atoms with Crippen molar-refractivity contribution in [1.29, 1.82) is 0 Å². The number of aromatic nitrogens is 1. The predicted molar refractivity (Wildman–Crippen MR) is 56.8 cm³/mol. The third kappa shape index (κ3) is 2.09. The van der Waals surface area contributed by atoms with E-state index in [9.17, 15) is 9.59 Å². The molecule has 0 radical (unpaired) electrons. The van der Waals surface area contributed by atoms with Crippen LogP contribution in [0, 0.1) is 0 Å². The van der Waals surface area contributed by atoms with E-state index in [2.05, 4.69) is 10.3 Å². The first-order valence-electron chi connectivity index (χ1n) is 5.10. The van der Waals surface area contributed by atoms with Gasteiger partial charge in [-0.25, -0.2) is 0 Å². The van der Waals surface area contributed by atoms with E-state index in [-0.39, 0.29) is 17.0 Å². The molecule has 1 heterocycles. The molecular formula is C11H14N2O2. The van der Waals surface area contributed by atoms with Crippen LogP contribution in [0.1, 0.15) is 36.5 Å². The zero-order valence-electron chi connectivity index (χ0n) is 8.67. The Morgan fingerprint density at radius 2 is 2.20 bits per heavy atom. The highest BCUT2D eigenvalue weighted by Gasteiger charge is 2.33. The SMILES string of the molecule is CC1(NC(=O)c2ccc(=O)[nH]c2)CCC1. The molecule has 2 rings (SSSR count). The van der Waals surface area contributed by atoms with E-state index >= 15 is 0 Å². The van der Waals surface area contributed by atoms with Gasteiger partial charge in [0.15, 0.2) is 0 Å². The van der Waals surface area contributed by atoms with E-state index in [4.69, 9.17) is 0 Å². The minimum Gasteiger partial charge on any atom is -0.347 e. The summed E-state index contributed by atoms with van der Waals surface area (Å²) in [6.45, 7) is 2.04. The van der Waals surface area contributed by atoms with Gasteiger partial charge in [-0.05, 0) is 32.3 Å². The van der Waals surface area contributed by atoms with Crippen molar-refractivity contribution < 1.29 is 4.79 Å². The molecule has 0 unspecified atom stereocenters. The predicted octanol–water partition coefficient (Wildman–Crippen LogP) is 1.05. The van der Waals surface area contributed by atoms with Crippen molar-refractivity contribution >= 4 is 5.91 Å². The second-order valence-corrected chi connectivity index (χ2v) is 4.31. The summed E-state index contributed by atoms with van der Waals surface area (Å²) in [5.41, 5.74) is 0.261. The fourth-order valence-corrected chi connectivity index (χ4v) is 1.73. The molecule has 4 heteroatoms. The molecule has 1 aromatic heterocycles. The molecule has 4 nitrogen and oxygen atoms in total. The number of pyridine rings is 1. The number of hydrogen-bond donors (Lipinski definition) is 2. The van der Waals surface area contributed by atoms with Gasteiger partial charge in [-0.2, -0.15) is 0 Å². The van der Waals surface area contributed by atoms with E-state index in [1.807, 2.05) is 6.92 Å². The second kappa shape index (κ2) is 3.53. The van der Waals surface area contributed by atoms with Crippen LogP contribution in [0.5, 0.6) is 0 Å². The number of hydrogen-bond acceptors (Lipinski definition) is 2. The Hall–Kier alpha value is -1.58. The summed E-state index contributed by atoms with van der Waals surface area (Å²) in [6, 6.07) is 2.90. The van der Waals surface area contributed by atoms with Crippen LogP contribution in [-0.2, 0) is 0 Å². The van der Waals surface area contributed by atoms with E-state index in [0.29, 0.717) is 5.56 Å². The third-order valence-corrected chi connectivity index (χ3v) is 2.92. The highest BCUT2D eigenvalue weighted by atomic mass is 16.2. The van der Waals surface area contributed by atoms with Gasteiger partial charge in [0.1, 0.15) is 0 Å². The summed E-state index contributed by atoms with van der Waals surface area (Å²) in [5, 5.41) is 2.97. The van der Waals surface area contributed by atoms with Crippen LogP contribution < -0.4 is 10.9 Å². The zero-order valence-corrected chi connectivity index (χ0v) is 8.67. The first-order valence-corrected chi connectivity index (χ1v) is 5.10. The average Bonchev–Trinajstić information content (AvgIpc) is 2.16. The van der Waals surface area contributed by atoms with Crippen molar-refractivity contribution in [2.45, 2.75) is 31.7 Å². The standard InChI is InChI=1S/C11H14N2O2/c1-11(5-2-6-11)13-10(15)8-3-4-9(14)12-7-8/h3-4,7H,2,5-6H2,1H3,(H,12,14)(H,13,15). The fraction of sp³-hybridized carbons (Fsp3) is 0.455. The van der Waals surface area contributed by atoms with Gasteiger partial charge in [0.2, 0.25) is 5.56 Å². The Morgan fingerprint density at radius 1 is 1.47 bits per heavy atom. The number of H-pyrrole nitrogens is 1. The van der Waals surface area contributed by atoms with Gasteiger partial charge in [0.05, 0.1) is 5.56 Å². The molecule has 1 amide bonds. The first-order chi connectivity index (χ1) is 7.09. The van der Waals surface area contributed by atoms with Gasteiger partial charge in [-0.3, -0.25) is 9.59 Å². The van der Waals surface area contributed by atoms with Crippen LogP contribution in [0.4, 0.5) is 0 Å². The van der Waals surface area contributed by atoms with Crippen LogP contribution in [0.3, 0.4) is 0 Å².